The van der Waals surface area contributed by atoms with E-state index >= 15 is 0 Å². The van der Waals surface area contributed by atoms with Crippen LogP contribution in [0.4, 0.5) is 28.8 Å². The lowest BCUT2D eigenvalue weighted by molar-refractivity contribution is 0.918. The number of nitrogens with zero attached hydrogens (tertiary/aromatic N) is 4. The van der Waals surface area contributed by atoms with Crippen LogP contribution < -0.4 is 16.0 Å². The SMILES string of the molecule is Nc1c(Nc2cc(Cl)cc(Cl)c2)ncnc1N(Cc1ccccc1)c1ccccn1. The highest BCUT2D eigenvalue weighted by Crippen LogP contribution is 2.34. The molecule has 6 nitrogen and oxygen atoms in total. The molecule has 0 saturated carbocycles. The molecule has 8 heteroatoms. The van der Waals surface area contributed by atoms with Gasteiger partial charge in [-0.1, -0.05) is 59.6 Å². The Bertz CT molecular complexity index is 1120. The number of nitrogens with one attached hydrogen (secondary N) is 1. The van der Waals surface area contributed by atoms with Crippen LogP contribution in [0.1, 0.15) is 5.56 Å². The Morgan fingerprint density at radius 1 is 0.867 bits per heavy atom. The van der Waals surface area contributed by atoms with Gasteiger partial charge in [-0.25, -0.2) is 15.0 Å². The van der Waals surface area contributed by atoms with Gasteiger partial charge in [0.1, 0.15) is 17.8 Å². The minimum absolute atomic E-state index is 0.384. The van der Waals surface area contributed by atoms with Crippen molar-refractivity contribution in [1.82, 2.24) is 15.0 Å². The molecule has 0 unspecified atom stereocenters. The molecule has 150 valence electrons. The number of halogens is 2. The number of benzene rings is 2. The summed E-state index contributed by atoms with van der Waals surface area (Å²) in [6.07, 6.45) is 3.19. The van der Waals surface area contributed by atoms with Crippen molar-refractivity contribution in [2.24, 2.45) is 0 Å². The molecular formula is C22H18Cl2N6. The maximum Gasteiger partial charge on any atom is 0.163 e. The van der Waals surface area contributed by atoms with Crippen molar-refractivity contribution in [3.05, 3.63) is 94.9 Å². The standard InChI is InChI=1S/C22H18Cl2N6/c23-16-10-17(24)12-18(11-16)29-21-20(25)22(28-14-27-21)30(19-8-4-5-9-26-19)13-15-6-2-1-3-7-15/h1-12,14H,13,25H2,(H,27,28,29). The minimum Gasteiger partial charge on any atom is -0.393 e. The normalized spacial score (nSPS) is 10.6. The Balaban J connectivity index is 1.73. The van der Waals surface area contributed by atoms with Gasteiger partial charge >= 0.3 is 0 Å². The Morgan fingerprint density at radius 2 is 1.60 bits per heavy atom. The second-order valence-corrected chi connectivity index (χ2v) is 7.38. The third-order valence-electron chi connectivity index (χ3n) is 4.35. The molecule has 4 rings (SSSR count). The molecule has 0 atom stereocenters. The van der Waals surface area contributed by atoms with E-state index in [2.05, 4.69) is 20.3 Å². The summed E-state index contributed by atoms with van der Waals surface area (Å²) in [5.41, 5.74) is 8.63. The van der Waals surface area contributed by atoms with E-state index in [4.69, 9.17) is 28.9 Å². The lowest BCUT2D eigenvalue weighted by Gasteiger charge is -2.25. The summed E-state index contributed by atoms with van der Waals surface area (Å²) in [6.45, 7) is 0.543. The van der Waals surface area contributed by atoms with Crippen LogP contribution in [0.25, 0.3) is 0 Å². The van der Waals surface area contributed by atoms with Crippen molar-refractivity contribution in [2.75, 3.05) is 16.0 Å². The van der Waals surface area contributed by atoms with Crippen molar-refractivity contribution < 1.29 is 0 Å². The molecule has 4 aromatic rings. The number of hydrogen-bond donors (Lipinski definition) is 2. The highest BCUT2D eigenvalue weighted by Gasteiger charge is 2.18. The quantitative estimate of drug-likeness (QED) is 0.394. The fraction of sp³-hybridized carbons (Fsp3) is 0.0455. The molecule has 2 heterocycles. The lowest BCUT2D eigenvalue weighted by atomic mass is 10.2. The minimum atomic E-state index is 0.384. The summed E-state index contributed by atoms with van der Waals surface area (Å²) < 4.78 is 0. The zero-order valence-corrected chi connectivity index (χ0v) is 17.3. The van der Waals surface area contributed by atoms with Crippen molar-refractivity contribution in [3.63, 3.8) is 0 Å². The smallest absolute Gasteiger partial charge is 0.163 e. The zero-order chi connectivity index (χ0) is 20.9. The first kappa shape index (κ1) is 19.9. The van der Waals surface area contributed by atoms with Crippen molar-refractivity contribution in [2.45, 2.75) is 6.54 Å². The lowest BCUT2D eigenvalue weighted by Crippen LogP contribution is -2.21. The number of hydrogen-bond acceptors (Lipinski definition) is 6. The molecule has 0 aliphatic rings. The molecule has 2 aromatic heterocycles. The topological polar surface area (TPSA) is 80.0 Å². The number of nitrogens with two attached hydrogens (primary N) is 1. The highest BCUT2D eigenvalue weighted by molar-refractivity contribution is 6.35. The molecule has 0 amide bonds. The number of nitrogen functional groups attached to an aromatic ring is 1. The molecular weight excluding hydrogens is 419 g/mol. The average Bonchev–Trinajstić information content (AvgIpc) is 2.74. The van der Waals surface area contributed by atoms with Gasteiger partial charge in [0.2, 0.25) is 0 Å². The summed E-state index contributed by atoms with van der Waals surface area (Å²) in [7, 11) is 0. The van der Waals surface area contributed by atoms with Gasteiger partial charge in [-0.3, -0.25) is 0 Å². The highest BCUT2D eigenvalue weighted by atomic mass is 35.5. The van der Waals surface area contributed by atoms with Crippen LogP contribution in [0.15, 0.2) is 79.3 Å². The zero-order valence-electron chi connectivity index (χ0n) is 15.8. The van der Waals surface area contributed by atoms with Crippen molar-refractivity contribution in [3.8, 4) is 0 Å². The van der Waals surface area contributed by atoms with Gasteiger partial charge in [-0.05, 0) is 35.9 Å². The Kier molecular flexibility index (Phi) is 5.97. The van der Waals surface area contributed by atoms with Gasteiger partial charge in [0.05, 0.1) is 6.54 Å². The fourth-order valence-electron chi connectivity index (χ4n) is 3.01. The third-order valence-corrected chi connectivity index (χ3v) is 4.79. The number of pyridine rings is 1. The van der Waals surface area contributed by atoms with Crippen LogP contribution >= 0.6 is 23.2 Å². The molecule has 0 bridgehead atoms. The Morgan fingerprint density at radius 3 is 2.30 bits per heavy atom. The van der Waals surface area contributed by atoms with Gasteiger partial charge in [-0.2, -0.15) is 0 Å². The van der Waals surface area contributed by atoms with Crippen LogP contribution in [-0.4, -0.2) is 15.0 Å². The first-order valence-electron chi connectivity index (χ1n) is 9.16. The monoisotopic (exact) mass is 436 g/mol. The summed E-state index contributed by atoms with van der Waals surface area (Å²) >= 11 is 12.2. The molecule has 0 aliphatic carbocycles. The van der Waals surface area contributed by atoms with Gasteiger partial charge in [-0.15, -0.1) is 0 Å². The maximum atomic E-state index is 6.48. The maximum absolute atomic E-state index is 6.48. The van der Waals surface area contributed by atoms with E-state index in [-0.39, 0.29) is 0 Å². The van der Waals surface area contributed by atoms with Crippen LogP contribution in [0, 0.1) is 0 Å². The molecule has 30 heavy (non-hydrogen) atoms. The van der Waals surface area contributed by atoms with Crippen LogP contribution in [0.5, 0.6) is 0 Å². The van der Waals surface area contributed by atoms with E-state index in [0.29, 0.717) is 39.6 Å². The van der Waals surface area contributed by atoms with Gasteiger partial charge in [0, 0.05) is 21.9 Å². The van der Waals surface area contributed by atoms with E-state index in [0.717, 1.165) is 11.4 Å². The van der Waals surface area contributed by atoms with E-state index in [1.54, 1.807) is 24.4 Å². The summed E-state index contributed by atoms with van der Waals surface area (Å²) in [5, 5.41) is 4.19. The number of aromatic nitrogens is 3. The van der Waals surface area contributed by atoms with Crippen LogP contribution in [-0.2, 0) is 6.54 Å². The molecule has 0 aliphatic heterocycles. The average molecular weight is 437 g/mol. The van der Waals surface area contributed by atoms with Crippen LogP contribution in [0.3, 0.4) is 0 Å². The van der Waals surface area contributed by atoms with E-state index < -0.39 is 0 Å². The van der Waals surface area contributed by atoms with Crippen LogP contribution in [0.2, 0.25) is 10.0 Å². The Labute approximate surface area is 184 Å². The van der Waals surface area contributed by atoms with Gasteiger partial charge in [0.25, 0.3) is 0 Å². The van der Waals surface area contributed by atoms with Gasteiger partial charge in [0.15, 0.2) is 11.6 Å². The summed E-state index contributed by atoms with van der Waals surface area (Å²) in [4.78, 5) is 15.2. The molecule has 2 aromatic carbocycles. The second-order valence-electron chi connectivity index (χ2n) is 6.50. The van der Waals surface area contributed by atoms with E-state index in [1.165, 1.54) is 6.33 Å². The second kappa shape index (κ2) is 8.98. The largest absolute Gasteiger partial charge is 0.393 e. The first-order chi connectivity index (χ1) is 14.6. The predicted molar refractivity (Wildman–Crippen MR) is 123 cm³/mol. The fourth-order valence-corrected chi connectivity index (χ4v) is 3.53. The first-order valence-corrected chi connectivity index (χ1v) is 9.92. The van der Waals surface area contributed by atoms with Crippen molar-refractivity contribution in [1.29, 1.82) is 0 Å². The third kappa shape index (κ3) is 4.62. The van der Waals surface area contributed by atoms with E-state index in [9.17, 15) is 0 Å². The molecule has 0 spiro atoms. The molecule has 0 radical (unpaired) electrons. The summed E-state index contributed by atoms with van der Waals surface area (Å²) in [6, 6.07) is 20.9. The summed E-state index contributed by atoms with van der Waals surface area (Å²) in [5.74, 6) is 1.72. The Hall–Kier alpha value is -3.35. The number of anilines is 5. The predicted octanol–water partition coefficient (Wildman–Crippen LogP) is 5.84. The molecule has 3 N–H and O–H groups in total. The van der Waals surface area contributed by atoms with Gasteiger partial charge < -0.3 is 16.0 Å². The van der Waals surface area contributed by atoms with Crippen molar-refractivity contribution >= 4 is 52.0 Å². The molecule has 0 saturated heterocycles. The van der Waals surface area contributed by atoms with E-state index in [1.807, 2.05) is 53.4 Å². The molecule has 0 fully saturated rings. The number of rotatable bonds is 6.